The molecule has 0 aliphatic rings. The molecular weight excluding hydrogens is 361 g/mol. The molecule has 0 saturated carbocycles. The van der Waals surface area contributed by atoms with E-state index >= 15 is 0 Å². The molecule has 1 aromatic heterocycles. The van der Waals surface area contributed by atoms with Crippen molar-refractivity contribution < 1.29 is 0 Å². The summed E-state index contributed by atoms with van der Waals surface area (Å²) in [5.41, 5.74) is 1.15. The summed E-state index contributed by atoms with van der Waals surface area (Å²) in [6, 6.07) is 8.02. The highest BCUT2D eigenvalue weighted by Crippen LogP contribution is 2.24. The minimum Gasteiger partial charge on any atom is -0.337 e. The van der Waals surface area contributed by atoms with Gasteiger partial charge in [0, 0.05) is 28.0 Å². The molecule has 18 heavy (non-hydrogen) atoms. The molecule has 0 bridgehead atoms. The van der Waals surface area contributed by atoms with Crippen molar-refractivity contribution in [2.45, 2.75) is 13.0 Å². The van der Waals surface area contributed by atoms with Crippen LogP contribution in [-0.2, 0) is 0 Å². The van der Waals surface area contributed by atoms with Gasteiger partial charge in [0.1, 0.15) is 0 Å². The molecule has 5 heteroatoms. The van der Waals surface area contributed by atoms with E-state index in [2.05, 4.69) is 45.5 Å². The van der Waals surface area contributed by atoms with Crippen LogP contribution >= 0.6 is 34.2 Å². The largest absolute Gasteiger partial charge is 0.337 e. The Bertz CT molecular complexity index is 530. The Hall–Kier alpha value is -0.880. The maximum Gasteiger partial charge on any atom is 0.225 e. The molecule has 0 radical (unpaired) electrons. The highest BCUT2D eigenvalue weighted by Gasteiger charge is 2.14. The average molecular weight is 374 g/mol. The van der Waals surface area contributed by atoms with E-state index in [9.17, 15) is 0 Å². The number of hydrogen-bond donors (Lipinski definition) is 0. The summed E-state index contributed by atoms with van der Waals surface area (Å²) in [7, 11) is 1.98. The molecule has 1 heterocycles. The highest BCUT2D eigenvalue weighted by atomic mass is 127. The molecule has 0 saturated heterocycles. The van der Waals surface area contributed by atoms with Gasteiger partial charge < -0.3 is 4.90 Å². The lowest BCUT2D eigenvalue weighted by Gasteiger charge is -2.25. The lowest BCUT2D eigenvalue weighted by Crippen LogP contribution is -2.23. The maximum absolute atomic E-state index is 6.01. The fourth-order valence-electron chi connectivity index (χ4n) is 1.65. The van der Waals surface area contributed by atoms with Crippen molar-refractivity contribution in [1.82, 2.24) is 9.97 Å². The van der Waals surface area contributed by atoms with E-state index in [1.54, 1.807) is 0 Å². The second kappa shape index (κ2) is 5.84. The van der Waals surface area contributed by atoms with E-state index in [1.165, 1.54) is 0 Å². The predicted octanol–water partition coefficient (Wildman–Crippen LogP) is 3.93. The van der Waals surface area contributed by atoms with Gasteiger partial charge in [0.05, 0.1) is 6.04 Å². The number of benzene rings is 1. The first kappa shape index (κ1) is 13.5. The fourth-order valence-corrected chi connectivity index (χ4v) is 2.13. The van der Waals surface area contributed by atoms with Crippen molar-refractivity contribution in [1.29, 1.82) is 0 Å². The molecule has 0 aliphatic heterocycles. The van der Waals surface area contributed by atoms with Crippen LogP contribution in [0.4, 0.5) is 5.95 Å². The van der Waals surface area contributed by atoms with Crippen LogP contribution in [0.2, 0.25) is 5.02 Å². The van der Waals surface area contributed by atoms with Crippen LogP contribution in [-0.4, -0.2) is 17.0 Å². The van der Waals surface area contributed by atoms with Gasteiger partial charge in [0.15, 0.2) is 0 Å². The number of rotatable bonds is 3. The third kappa shape index (κ3) is 3.11. The Kier molecular flexibility index (Phi) is 4.40. The van der Waals surface area contributed by atoms with Gasteiger partial charge in [-0.25, -0.2) is 9.97 Å². The molecule has 1 unspecified atom stereocenters. The summed E-state index contributed by atoms with van der Waals surface area (Å²) in [4.78, 5) is 10.7. The quantitative estimate of drug-likeness (QED) is 0.763. The van der Waals surface area contributed by atoms with Crippen molar-refractivity contribution in [3.05, 3.63) is 50.8 Å². The molecule has 0 N–H and O–H groups in total. The Balaban J connectivity index is 2.23. The lowest BCUT2D eigenvalue weighted by molar-refractivity contribution is 0.714. The Morgan fingerprint density at radius 2 is 1.94 bits per heavy atom. The van der Waals surface area contributed by atoms with Gasteiger partial charge in [-0.15, -0.1) is 0 Å². The van der Waals surface area contributed by atoms with E-state index in [0.717, 1.165) is 14.2 Å². The van der Waals surface area contributed by atoms with E-state index < -0.39 is 0 Å². The smallest absolute Gasteiger partial charge is 0.225 e. The molecule has 94 valence electrons. The summed E-state index contributed by atoms with van der Waals surface area (Å²) >= 11 is 8.20. The van der Waals surface area contributed by atoms with Crippen LogP contribution in [0.3, 0.4) is 0 Å². The average Bonchev–Trinajstić information content (AvgIpc) is 2.38. The second-order valence-corrected chi connectivity index (χ2v) is 5.73. The van der Waals surface area contributed by atoms with Crippen molar-refractivity contribution in [3.63, 3.8) is 0 Å². The third-order valence-electron chi connectivity index (χ3n) is 2.83. The van der Waals surface area contributed by atoms with Crippen LogP contribution in [0.15, 0.2) is 36.7 Å². The van der Waals surface area contributed by atoms with Gasteiger partial charge in [0.25, 0.3) is 0 Å². The normalized spacial score (nSPS) is 12.2. The van der Waals surface area contributed by atoms with Gasteiger partial charge in [-0.05, 0) is 47.2 Å². The first-order chi connectivity index (χ1) is 8.58. The van der Waals surface area contributed by atoms with E-state index in [4.69, 9.17) is 11.6 Å². The minimum atomic E-state index is 0.170. The molecule has 1 aromatic carbocycles. The summed E-state index contributed by atoms with van der Waals surface area (Å²) in [6.45, 7) is 2.10. The Morgan fingerprint density at radius 3 is 2.56 bits per heavy atom. The number of aromatic nitrogens is 2. The van der Waals surface area contributed by atoms with Crippen LogP contribution in [0.5, 0.6) is 0 Å². The number of halogens is 2. The van der Waals surface area contributed by atoms with Crippen LogP contribution < -0.4 is 4.90 Å². The Morgan fingerprint density at radius 1 is 1.28 bits per heavy atom. The summed E-state index contributed by atoms with van der Waals surface area (Å²) < 4.78 is 1.03. The molecule has 1 atom stereocenters. The third-order valence-corrected chi connectivity index (χ3v) is 3.63. The Labute approximate surface area is 125 Å². The van der Waals surface area contributed by atoms with Crippen molar-refractivity contribution >= 4 is 40.1 Å². The van der Waals surface area contributed by atoms with Crippen LogP contribution in [0.1, 0.15) is 18.5 Å². The maximum atomic E-state index is 6.01. The topological polar surface area (TPSA) is 29.0 Å². The van der Waals surface area contributed by atoms with E-state index in [0.29, 0.717) is 5.95 Å². The molecule has 0 amide bonds. The molecule has 3 nitrogen and oxygen atoms in total. The number of anilines is 1. The van der Waals surface area contributed by atoms with Crippen molar-refractivity contribution in [2.24, 2.45) is 0 Å². The summed E-state index contributed by atoms with van der Waals surface area (Å²) in [6.07, 6.45) is 3.62. The van der Waals surface area contributed by atoms with Gasteiger partial charge in [0.2, 0.25) is 5.95 Å². The molecule has 2 rings (SSSR count). The zero-order valence-electron chi connectivity index (χ0n) is 10.1. The fraction of sp³-hybridized carbons (Fsp3) is 0.231. The molecule has 0 fully saturated rings. The highest BCUT2D eigenvalue weighted by molar-refractivity contribution is 14.1. The first-order valence-corrected chi connectivity index (χ1v) is 6.99. The monoisotopic (exact) mass is 373 g/mol. The first-order valence-electron chi connectivity index (χ1n) is 5.54. The van der Waals surface area contributed by atoms with Gasteiger partial charge >= 0.3 is 0 Å². The van der Waals surface area contributed by atoms with Gasteiger partial charge in [-0.1, -0.05) is 23.7 Å². The van der Waals surface area contributed by atoms with Crippen LogP contribution in [0.25, 0.3) is 0 Å². The molecule has 0 aliphatic carbocycles. The van der Waals surface area contributed by atoms with Gasteiger partial charge in [-0.2, -0.15) is 0 Å². The molecular formula is C13H13ClIN3. The van der Waals surface area contributed by atoms with E-state index in [-0.39, 0.29) is 6.04 Å². The zero-order valence-corrected chi connectivity index (χ0v) is 13.1. The van der Waals surface area contributed by atoms with Crippen molar-refractivity contribution in [3.8, 4) is 0 Å². The zero-order chi connectivity index (χ0) is 13.1. The standard InChI is InChI=1S/C13H13ClIN3/c1-9(10-4-3-5-11(14)6-10)18(2)13-16-7-12(15)8-17-13/h3-9H,1-2H3. The SMILES string of the molecule is CC(c1cccc(Cl)c1)N(C)c1ncc(I)cn1. The van der Waals surface area contributed by atoms with Gasteiger partial charge in [-0.3, -0.25) is 0 Å². The minimum absolute atomic E-state index is 0.170. The molecule has 2 aromatic rings. The lowest BCUT2D eigenvalue weighted by atomic mass is 10.1. The molecule has 0 spiro atoms. The van der Waals surface area contributed by atoms with Crippen molar-refractivity contribution in [2.75, 3.05) is 11.9 Å². The predicted molar refractivity (Wildman–Crippen MR) is 83.0 cm³/mol. The second-order valence-electron chi connectivity index (χ2n) is 4.04. The number of nitrogens with zero attached hydrogens (tertiary/aromatic N) is 3. The van der Waals surface area contributed by atoms with Crippen LogP contribution in [0, 0.1) is 3.57 Å². The summed E-state index contributed by atoms with van der Waals surface area (Å²) in [5.74, 6) is 0.711. The summed E-state index contributed by atoms with van der Waals surface area (Å²) in [5, 5.41) is 0.747. The van der Waals surface area contributed by atoms with E-state index in [1.807, 2.05) is 42.5 Å². The number of hydrogen-bond acceptors (Lipinski definition) is 3.